The van der Waals surface area contributed by atoms with Gasteiger partial charge in [0.15, 0.2) is 5.78 Å². The molecule has 0 saturated carbocycles. The Hall–Kier alpha value is -2.44. The number of carbonyl (C=O) groups excluding carboxylic acids is 2. The molecule has 3 rings (SSSR count). The van der Waals surface area contributed by atoms with Crippen LogP contribution >= 0.6 is 22.9 Å². The molecule has 1 saturated heterocycles. The van der Waals surface area contributed by atoms with Gasteiger partial charge in [-0.15, -0.1) is 11.3 Å². The van der Waals surface area contributed by atoms with E-state index >= 15 is 0 Å². The number of benzene rings is 1. The van der Waals surface area contributed by atoms with Crippen molar-refractivity contribution in [3.05, 3.63) is 68.9 Å². The minimum atomic E-state index is -0.913. The first-order valence-corrected chi connectivity index (χ1v) is 10.7. The van der Waals surface area contributed by atoms with Crippen LogP contribution in [0.1, 0.15) is 39.4 Å². The Kier molecular flexibility index (Phi) is 7.23. The van der Waals surface area contributed by atoms with Crippen LogP contribution in [0, 0.1) is 0 Å². The van der Waals surface area contributed by atoms with Crippen molar-refractivity contribution in [3.8, 4) is 0 Å². The van der Waals surface area contributed by atoms with Gasteiger partial charge < -0.3 is 10.0 Å². The van der Waals surface area contributed by atoms with E-state index in [1.54, 1.807) is 24.3 Å². The van der Waals surface area contributed by atoms with Crippen molar-refractivity contribution >= 4 is 40.6 Å². The third kappa shape index (κ3) is 6.02. The number of rotatable bonds is 9. The van der Waals surface area contributed by atoms with E-state index in [0.717, 1.165) is 23.3 Å². The molecule has 0 aliphatic carbocycles. The summed E-state index contributed by atoms with van der Waals surface area (Å²) in [5, 5.41) is 9.63. The zero-order valence-corrected chi connectivity index (χ0v) is 17.4. The van der Waals surface area contributed by atoms with E-state index < -0.39 is 5.97 Å². The first-order valence-electron chi connectivity index (χ1n) is 9.49. The fourth-order valence-electron chi connectivity index (χ4n) is 3.38. The number of carboxylic acids is 1. The van der Waals surface area contributed by atoms with E-state index in [1.165, 1.54) is 11.3 Å². The van der Waals surface area contributed by atoms with Crippen LogP contribution < -0.4 is 0 Å². The third-order valence-electron chi connectivity index (χ3n) is 4.87. The Morgan fingerprint density at radius 1 is 1.21 bits per heavy atom. The van der Waals surface area contributed by atoms with Crippen molar-refractivity contribution in [2.24, 2.45) is 0 Å². The lowest BCUT2D eigenvalue weighted by Crippen LogP contribution is -2.33. The molecular formula is C22H22ClNO4S. The summed E-state index contributed by atoms with van der Waals surface area (Å²) in [4.78, 5) is 38.5. The molecule has 1 atom stereocenters. The number of ketones is 1. The van der Waals surface area contributed by atoms with E-state index in [-0.39, 0.29) is 17.7 Å². The number of carboxylic acid groups (broad SMARTS) is 1. The zero-order valence-electron chi connectivity index (χ0n) is 15.8. The van der Waals surface area contributed by atoms with Crippen LogP contribution in [-0.2, 0) is 22.4 Å². The van der Waals surface area contributed by atoms with Crippen molar-refractivity contribution < 1.29 is 19.5 Å². The molecule has 1 fully saturated rings. The zero-order chi connectivity index (χ0) is 20.8. The normalized spacial score (nSPS) is 16.7. The molecule has 0 bridgehead atoms. The lowest BCUT2D eigenvalue weighted by atomic mass is 10.1. The van der Waals surface area contributed by atoms with Crippen LogP contribution in [0.15, 0.2) is 48.6 Å². The van der Waals surface area contributed by atoms with Gasteiger partial charge in [-0.2, -0.15) is 0 Å². The molecule has 1 amide bonds. The minimum Gasteiger partial charge on any atom is -0.477 e. The third-order valence-corrected chi connectivity index (χ3v) is 6.25. The van der Waals surface area contributed by atoms with Crippen molar-refractivity contribution in [3.63, 3.8) is 0 Å². The van der Waals surface area contributed by atoms with Crippen molar-refractivity contribution in [2.75, 3.05) is 6.54 Å². The summed E-state index contributed by atoms with van der Waals surface area (Å²) >= 11 is 7.13. The molecule has 0 unspecified atom stereocenters. The lowest BCUT2D eigenvalue weighted by molar-refractivity contribution is -0.128. The number of likely N-dealkylation sites (tertiary alicyclic amines) is 1. The van der Waals surface area contributed by atoms with Crippen LogP contribution in [0.5, 0.6) is 0 Å². The van der Waals surface area contributed by atoms with Gasteiger partial charge in [-0.1, -0.05) is 29.8 Å². The number of hydrogen-bond donors (Lipinski definition) is 1. The number of halogens is 1. The molecule has 2 heterocycles. The highest BCUT2D eigenvalue weighted by atomic mass is 35.5. The number of carbonyl (C=O) groups is 3. The summed E-state index contributed by atoms with van der Waals surface area (Å²) in [7, 11) is 0. The average molecular weight is 432 g/mol. The van der Waals surface area contributed by atoms with Crippen LogP contribution in [0.25, 0.3) is 0 Å². The molecule has 0 radical (unpaired) electrons. The SMILES string of the molecule is O=C(C=C[C@H]1CCC(=O)N1CCCc1ccc(C(=O)O)s1)Cc1ccc(Cl)cc1. The van der Waals surface area contributed by atoms with Gasteiger partial charge in [-0.25, -0.2) is 4.79 Å². The second-order valence-electron chi connectivity index (χ2n) is 7.00. The Bertz CT molecular complexity index is 919. The standard InChI is InChI=1S/C22H22ClNO4S/c23-16-5-3-15(4-6-16)14-18(25)9-7-17-8-12-21(26)24(17)13-1-2-19-10-11-20(29-19)22(27)28/h3-7,9-11,17H,1-2,8,12-14H2,(H,27,28)/t17-/m0/s1. The minimum absolute atomic E-state index is 0.00796. The van der Waals surface area contributed by atoms with Gasteiger partial charge in [0, 0.05) is 29.3 Å². The molecule has 1 aliphatic rings. The molecule has 2 aromatic rings. The Labute approximate surface area is 178 Å². The van der Waals surface area contributed by atoms with Gasteiger partial charge >= 0.3 is 5.97 Å². The molecule has 29 heavy (non-hydrogen) atoms. The molecule has 1 aliphatic heterocycles. The summed E-state index contributed by atoms with van der Waals surface area (Å²) in [5.41, 5.74) is 0.903. The van der Waals surface area contributed by atoms with Crippen molar-refractivity contribution in [1.82, 2.24) is 4.90 Å². The van der Waals surface area contributed by atoms with E-state index in [9.17, 15) is 14.4 Å². The summed E-state index contributed by atoms with van der Waals surface area (Å²) in [5.74, 6) is -0.821. The van der Waals surface area contributed by atoms with Crippen LogP contribution in [0.2, 0.25) is 5.02 Å². The first kappa shape index (κ1) is 21.3. The highest BCUT2D eigenvalue weighted by Gasteiger charge is 2.28. The smallest absolute Gasteiger partial charge is 0.345 e. The number of aromatic carboxylic acids is 1. The summed E-state index contributed by atoms with van der Waals surface area (Å²) in [6.07, 6.45) is 6.40. The molecule has 7 heteroatoms. The number of thiophene rings is 1. The van der Waals surface area contributed by atoms with Gasteiger partial charge in [-0.3, -0.25) is 9.59 Å². The van der Waals surface area contributed by atoms with Crippen LogP contribution in [-0.4, -0.2) is 40.3 Å². The Morgan fingerprint density at radius 3 is 2.66 bits per heavy atom. The number of hydrogen-bond acceptors (Lipinski definition) is 4. The topological polar surface area (TPSA) is 74.7 Å². The summed E-state index contributed by atoms with van der Waals surface area (Å²) in [6, 6.07) is 10.6. The largest absolute Gasteiger partial charge is 0.477 e. The first-order chi connectivity index (χ1) is 13.9. The lowest BCUT2D eigenvalue weighted by Gasteiger charge is -2.22. The number of aryl methyl sites for hydroxylation is 1. The maximum absolute atomic E-state index is 12.2. The van der Waals surface area contributed by atoms with Crippen molar-refractivity contribution in [2.45, 2.75) is 38.1 Å². The highest BCUT2D eigenvalue weighted by Crippen LogP contribution is 2.22. The molecule has 1 aromatic heterocycles. The fraction of sp³-hybridized carbons (Fsp3) is 0.318. The fourth-order valence-corrected chi connectivity index (χ4v) is 4.39. The molecule has 0 spiro atoms. The molecule has 152 valence electrons. The Morgan fingerprint density at radius 2 is 1.97 bits per heavy atom. The van der Waals surface area contributed by atoms with Crippen LogP contribution in [0.4, 0.5) is 0 Å². The average Bonchev–Trinajstić information content (AvgIpc) is 3.30. The Balaban J connectivity index is 1.51. The quantitative estimate of drug-likeness (QED) is 0.597. The van der Waals surface area contributed by atoms with E-state index in [1.807, 2.05) is 29.2 Å². The predicted molar refractivity (Wildman–Crippen MR) is 114 cm³/mol. The number of allylic oxidation sites excluding steroid dienone is 1. The molecule has 1 N–H and O–H groups in total. The number of nitrogens with zero attached hydrogens (tertiary/aromatic N) is 1. The maximum atomic E-state index is 12.2. The number of amides is 1. The second kappa shape index (κ2) is 9.85. The molecule has 5 nitrogen and oxygen atoms in total. The molecule has 1 aromatic carbocycles. The van der Waals surface area contributed by atoms with Gasteiger partial charge in [0.2, 0.25) is 5.91 Å². The maximum Gasteiger partial charge on any atom is 0.345 e. The van der Waals surface area contributed by atoms with Crippen molar-refractivity contribution in [1.29, 1.82) is 0 Å². The van der Waals surface area contributed by atoms with Gasteiger partial charge in [0.05, 0.1) is 6.04 Å². The summed E-state index contributed by atoms with van der Waals surface area (Å²) < 4.78 is 0. The van der Waals surface area contributed by atoms with E-state index in [0.29, 0.717) is 35.7 Å². The summed E-state index contributed by atoms with van der Waals surface area (Å²) in [6.45, 7) is 0.597. The highest BCUT2D eigenvalue weighted by molar-refractivity contribution is 7.13. The van der Waals surface area contributed by atoms with Gasteiger partial charge in [0.25, 0.3) is 0 Å². The van der Waals surface area contributed by atoms with Gasteiger partial charge in [0.1, 0.15) is 4.88 Å². The van der Waals surface area contributed by atoms with Crippen LogP contribution in [0.3, 0.4) is 0 Å². The second-order valence-corrected chi connectivity index (χ2v) is 8.60. The van der Waals surface area contributed by atoms with E-state index in [4.69, 9.17) is 16.7 Å². The van der Waals surface area contributed by atoms with E-state index in [2.05, 4.69) is 0 Å². The molecular weight excluding hydrogens is 410 g/mol. The monoisotopic (exact) mass is 431 g/mol. The predicted octanol–water partition coefficient (Wildman–Crippen LogP) is 4.39. The van der Waals surface area contributed by atoms with Gasteiger partial charge in [-0.05, 0) is 55.2 Å².